The molecule has 0 aliphatic heterocycles. The summed E-state index contributed by atoms with van der Waals surface area (Å²) in [6, 6.07) is 0. The van der Waals surface area contributed by atoms with Crippen molar-refractivity contribution in [3.63, 3.8) is 0 Å². The Kier molecular flexibility index (Phi) is 12.7. The average Bonchev–Trinajstić information content (AvgIpc) is 2.43. The Morgan fingerprint density at radius 2 is 1.63 bits per heavy atom. The number of carbonyl (C=O) groups excluding carboxylic acids is 1. The molecule has 0 bridgehead atoms. The van der Waals surface area contributed by atoms with Gasteiger partial charge in [-0.15, -0.1) is 0 Å². The van der Waals surface area contributed by atoms with Crippen LogP contribution in [0.4, 0.5) is 0 Å². The molecule has 0 radical (unpaired) electrons. The Labute approximate surface area is 118 Å². The minimum absolute atomic E-state index is 0.336. The van der Waals surface area contributed by atoms with Crippen LogP contribution in [0.3, 0.4) is 0 Å². The minimum atomic E-state index is -0.514. The van der Waals surface area contributed by atoms with Gasteiger partial charge in [-0.2, -0.15) is 0 Å². The van der Waals surface area contributed by atoms with Gasteiger partial charge in [0.05, 0.1) is 13.4 Å². The van der Waals surface area contributed by atoms with Crippen LogP contribution in [0.1, 0.15) is 71.6 Å². The molecule has 0 saturated carbocycles. The van der Waals surface area contributed by atoms with Gasteiger partial charge in [0.15, 0.2) is 6.10 Å². The molecule has 0 fully saturated rings. The Balaban J connectivity index is 3.27. The number of unbranched alkanes of at least 4 members (excludes halogenated alkanes) is 8. The van der Waals surface area contributed by atoms with E-state index in [2.05, 4.69) is 11.7 Å². The van der Waals surface area contributed by atoms with Crippen molar-refractivity contribution in [2.75, 3.05) is 7.11 Å². The zero-order valence-corrected chi connectivity index (χ0v) is 12.8. The zero-order chi connectivity index (χ0) is 14.3. The van der Waals surface area contributed by atoms with Gasteiger partial charge < -0.3 is 9.47 Å². The number of hydrogen-bond acceptors (Lipinski definition) is 3. The third-order valence-electron chi connectivity index (χ3n) is 3.14. The molecule has 0 aromatic heterocycles. The van der Waals surface area contributed by atoms with Crippen molar-refractivity contribution < 1.29 is 14.3 Å². The highest BCUT2D eigenvalue weighted by Gasteiger charge is 2.11. The predicted molar refractivity (Wildman–Crippen MR) is 78.9 cm³/mol. The minimum Gasteiger partial charge on any atom is -0.487 e. The van der Waals surface area contributed by atoms with Gasteiger partial charge in [0.1, 0.15) is 0 Å². The third kappa shape index (κ3) is 11.8. The van der Waals surface area contributed by atoms with Crippen molar-refractivity contribution in [3.8, 4) is 0 Å². The second-order valence-electron chi connectivity index (χ2n) is 4.94. The Morgan fingerprint density at radius 3 is 2.21 bits per heavy atom. The molecular formula is C16H30O3. The number of ether oxygens (including phenoxy) is 2. The van der Waals surface area contributed by atoms with E-state index in [-0.39, 0.29) is 5.97 Å². The summed E-state index contributed by atoms with van der Waals surface area (Å²) in [5.41, 5.74) is 0. The number of carbonyl (C=O) groups is 1. The molecule has 0 spiro atoms. The summed E-state index contributed by atoms with van der Waals surface area (Å²) in [5.74, 6) is -0.336. The van der Waals surface area contributed by atoms with E-state index in [0.29, 0.717) is 0 Å². The predicted octanol–water partition coefficient (Wildman–Crippen LogP) is 4.61. The number of allylic oxidation sites excluding steroid dienone is 1. The van der Waals surface area contributed by atoms with Crippen LogP contribution in [0.15, 0.2) is 12.3 Å². The molecule has 0 aromatic rings. The molecule has 0 rings (SSSR count). The fraction of sp³-hybridized carbons (Fsp3) is 0.812. The first-order valence-electron chi connectivity index (χ1n) is 7.60. The van der Waals surface area contributed by atoms with E-state index in [4.69, 9.17) is 4.74 Å². The van der Waals surface area contributed by atoms with Crippen LogP contribution in [0, 0.1) is 0 Å². The van der Waals surface area contributed by atoms with E-state index in [0.717, 1.165) is 6.42 Å². The van der Waals surface area contributed by atoms with Crippen LogP contribution in [-0.2, 0) is 14.3 Å². The van der Waals surface area contributed by atoms with Gasteiger partial charge in [-0.25, -0.2) is 4.79 Å². The Hall–Kier alpha value is -0.990. The summed E-state index contributed by atoms with van der Waals surface area (Å²) in [7, 11) is 1.37. The summed E-state index contributed by atoms with van der Waals surface area (Å²) in [5, 5.41) is 0. The summed E-state index contributed by atoms with van der Waals surface area (Å²) < 4.78 is 9.78. The monoisotopic (exact) mass is 270 g/mol. The summed E-state index contributed by atoms with van der Waals surface area (Å²) >= 11 is 0. The van der Waals surface area contributed by atoms with Crippen LogP contribution < -0.4 is 0 Å². The Morgan fingerprint density at radius 1 is 1.05 bits per heavy atom. The first-order chi connectivity index (χ1) is 9.22. The molecule has 0 amide bonds. The molecule has 0 heterocycles. The van der Waals surface area contributed by atoms with E-state index in [1.54, 1.807) is 13.2 Å². The van der Waals surface area contributed by atoms with Crippen molar-refractivity contribution in [2.24, 2.45) is 0 Å². The van der Waals surface area contributed by atoms with E-state index < -0.39 is 6.10 Å². The summed E-state index contributed by atoms with van der Waals surface area (Å²) in [6.45, 7) is 3.93. The van der Waals surface area contributed by atoms with Crippen LogP contribution in [0.5, 0.6) is 0 Å². The lowest BCUT2D eigenvalue weighted by atomic mass is 10.1. The largest absolute Gasteiger partial charge is 0.487 e. The van der Waals surface area contributed by atoms with Crippen molar-refractivity contribution in [3.05, 3.63) is 12.3 Å². The van der Waals surface area contributed by atoms with Gasteiger partial charge in [0.25, 0.3) is 0 Å². The number of esters is 1. The van der Waals surface area contributed by atoms with Crippen molar-refractivity contribution in [1.29, 1.82) is 0 Å². The molecule has 0 unspecified atom stereocenters. The lowest BCUT2D eigenvalue weighted by molar-refractivity contribution is -0.149. The number of rotatable bonds is 12. The van der Waals surface area contributed by atoms with Gasteiger partial charge >= 0.3 is 5.97 Å². The van der Waals surface area contributed by atoms with Crippen LogP contribution in [-0.4, -0.2) is 19.2 Å². The van der Waals surface area contributed by atoms with Crippen LogP contribution in [0.2, 0.25) is 0 Å². The molecular weight excluding hydrogens is 240 g/mol. The lowest BCUT2D eigenvalue weighted by Crippen LogP contribution is -2.19. The van der Waals surface area contributed by atoms with Crippen molar-refractivity contribution in [1.82, 2.24) is 0 Å². The van der Waals surface area contributed by atoms with Crippen molar-refractivity contribution >= 4 is 5.97 Å². The highest BCUT2D eigenvalue weighted by molar-refractivity contribution is 5.74. The molecule has 0 aliphatic carbocycles. The van der Waals surface area contributed by atoms with Gasteiger partial charge in [0.2, 0.25) is 0 Å². The maximum atomic E-state index is 11.0. The average molecular weight is 270 g/mol. The second kappa shape index (κ2) is 13.4. The van der Waals surface area contributed by atoms with E-state index in [1.807, 2.05) is 6.08 Å². The third-order valence-corrected chi connectivity index (χ3v) is 3.14. The molecule has 0 N–H and O–H groups in total. The quantitative estimate of drug-likeness (QED) is 0.295. The van der Waals surface area contributed by atoms with Crippen LogP contribution in [0.25, 0.3) is 0 Å². The van der Waals surface area contributed by atoms with Gasteiger partial charge in [-0.05, 0) is 25.8 Å². The van der Waals surface area contributed by atoms with Gasteiger partial charge in [-0.3, -0.25) is 0 Å². The van der Waals surface area contributed by atoms with Gasteiger partial charge in [0, 0.05) is 0 Å². The highest BCUT2D eigenvalue weighted by Crippen LogP contribution is 2.09. The first-order valence-corrected chi connectivity index (χ1v) is 7.60. The van der Waals surface area contributed by atoms with E-state index in [1.165, 1.54) is 58.5 Å². The van der Waals surface area contributed by atoms with E-state index in [9.17, 15) is 4.79 Å². The van der Waals surface area contributed by atoms with Gasteiger partial charge in [-0.1, -0.05) is 51.9 Å². The standard InChI is InChI=1S/C16H30O3/c1-4-5-6-7-8-9-10-11-12-13-14-19-15(2)16(17)18-3/h13-15H,4-12H2,1-3H3/t15-/m0/s1. The molecule has 19 heavy (non-hydrogen) atoms. The smallest absolute Gasteiger partial charge is 0.346 e. The zero-order valence-electron chi connectivity index (χ0n) is 12.8. The van der Waals surface area contributed by atoms with E-state index >= 15 is 0 Å². The lowest BCUT2D eigenvalue weighted by Gasteiger charge is -2.07. The first kappa shape index (κ1) is 18.0. The SMILES string of the molecule is CCCCCCCCCCC=CO[C@@H](C)C(=O)OC. The topological polar surface area (TPSA) is 35.5 Å². The number of hydrogen-bond donors (Lipinski definition) is 0. The molecule has 0 aliphatic rings. The molecule has 3 heteroatoms. The molecule has 112 valence electrons. The number of methoxy groups -OCH3 is 1. The highest BCUT2D eigenvalue weighted by atomic mass is 16.6. The van der Waals surface area contributed by atoms with Crippen molar-refractivity contribution in [2.45, 2.75) is 77.7 Å². The summed E-state index contributed by atoms with van der Waals surface area (Å²) in [6.07, 6.45) is 14.7. The second-order valence-corrected chi connectivity index (χ2v) is 4.94. The normalized spacial score (nSPS) is 12.6. The maximum Gasteiger partial charge on any atom is 0.346 e. The fourth-order valence-corrected chi connectivity index (χ4v) is 1.86. The molecule has 0 aromatic carbocycles. The summed E-state index contributed by atoms with van der Waals surface area (Å²) in [4.78, 5) is 11.0. The molecule has 1 atom stereocenters. The maximum absolute atomic E-state index is 11.0. The Bertz CT molecular complexity index is 236. The molecule has 3 nitrogen and oxygen atoms in total. The fourth-order valence-electron chi connectivity index (χ4n) is 1.86. The molecule has 0 saturated heterocycles. The van der Waals surface area contributed by atoms with Crippen LogP contribution >= 0.6 is 0 Å².